The lowest BCUT2D eigenvalue weighted by atomic mass is 9.47. The van der Waals surface area contributed by atoms with Gasteiger partial charge in [-0.25, -0.2) is 9.59 Å². The van der Waals surface area contributed by atoms with E-state index in [9.17, 15) is 34.5 Å². The number of rotatable bonds is 12. The highest BCUT2D eigenvalue weighted by atomic mass is 16.6. The number of para-hydroxylation sites is 2. The summed E-state index contributed by atoms with van der Waals surface area (Å²) in [5, 5.41) is 41.1. The Balaban J connectivity index is 0.000000180. The Morgan fingerprint density at radius 2 is 0.983 bits per heavy atom. The number of nitrogens with zero attached hydrogens (tertiary/aromatic N) is 6. The maximum absolute atomic E-state index is 14.4. The second-order valence-corrected chi connectivity index (χ2v) is 36.2. The van der Waals surface area contributed by atoms with Crippen LogP contribution in [0.25, 0.3) is 21.8 Å². The number of esters is 4. The van der Waals surface area contributed by atoms with Crippen LogP contribution in [0, 0.1) is 36.5 Å². The molecule has 4 unspecified atom stereocenters. The van der Waals surface area contributed by atoms with Crippen LogP contribution in [-0.2, 0) is 91.8 Å². The molecule has 12 aliphatic rings. The zero-order valence-corrected chi connectivity index (χ0v) is 72.6. The largest absolute Gasteiger partial charge is 0.467 e. The molecule has 23 nitrogen and oxygen atoms in total. The van der Waals surface area contributed by atoms with Crippen molar-refractivity contribution < 1.29 is 72.6 Å². The molecule has 4 aromatic carbocycles. The number of aryl methyl sites for hydroxylation is 2. The number of fused-ring (bicyclic) bond motifs is 12. The highest BCUT2D eigenvalue weighted by Crippen LogP contribution is 2.71. The predicted octanol–water partition coefficient (Wildman–Crippen LogP) is 11.7. The third-order valence-electron chi connectivity index (χ3n) is 31.1. The van der Waals surface area contributed by atoms with Crippen LogP contribution >= 0.6 is 0 Å². The van der Waals surface area contributed by atoms with Crippen molar-refractivity contribution in [3.63, 3.8) is 0 Å². The van der Waals surface area contributed by atoms with E-state index in [2.05, 4.69) is 198 Å². The van der Waals surface area contributed by atoms with E-state index in [4.69, 9.17) is 38.1 Å². The molecule has 119 heavy (non-hydrogen) atoms. The average molecular weight is 1630 g/mol. The Morgan fingerprint density at radius 3 is 1.39 bits per heavy atom. The van der Waals surface area contributed by atoms with Crippen molar-refractivity contribution in [2.24, 2.45) is 22.7 Å². The minimum absolute atomic E-state index is 0.114. The zero-order chi connectivity index (χ0) is 85.6. The molecular formula is C96H124N8O15. The number of hydrogen-bond donors (Lipinski definition) is 5. The lowest BCUT2D eigenvalue weighted by Crippen LogP contribution is -2.81. The first kappa shape index (κ1) is 86.5. The number of nitrogens with one attached hydrogen (secondary N) is 2. The summed E-state index contributed by atoms with van der Waals surface area (Å²) in [5.41, 5.74) is 9.81. The van der Waals surface area contributed by atoms with Gasteiger partial charge in [0, 0.05) is 169 Å². The molecule has 5 fully saturated rings. The lowest BCUT2D eigenvalue weighted by molar-refractivity contribution is -0.229. The van der Waals surface area contributed by atoms with Gasteiger partial charge in [0.15, 0.2) is 12.2 Å². The first-order valence-electron chi connectivity index (χ1n) is 43.6. The number of benzene rings is 4. The Kier molecular flexibility index (Phi) is 23.6. The van der Waals surface area contributed by atoms with Crippen LogP contribution in [0.4, 0.5) is 11.4 Å². The van der Waals surface area contributed by atoms with E-state index in [0.29, 0.717) is 25.3 Å². The number of aliphatic hydroxyl groups is 3. The van der Waals surface area contributed by atoms with Gasteiger partial charge >= 0.3 is 36.2 Å². The molecule has 2 saturated carbocycles. The maximum Gasteiger partial charge on any atom is 0.373 e. The standard InChI is InChI=1S/C46H60N4O6.C46H58N4O5.C2H6.2CO2/c1-8-42(53)24-30-25-44(10-3,37-32(16-20-49(26-30)27-42)31-14-11-12-15-35(31)47-37)33-23-34-36(22-28(33)4)48(6)39-45(34)18-21-50-19-13-17-43(9-2,38(45)50)40(56-29(5)51)46(39,54)41(52)55-7;1-8-30-23-31-25-44(10-3,38-33(16-20-49(26-30)27-31)32-14-11-12-15-36(32)47-38)34-24-35-37(22-28(34)4)48(6)40-45(35)18-21-50-19-13-17-43(9-2,39(45)50)41(55-29(5)51)46(40,53)42(52)54-7;1-2;2*2-1-3/h11-15,17,22-23,30,38-40,47,53-54H,8-10,16,18-21,24-27H2,1-7H3;11-15,17,22-24,31,39-41,47,53H,8-10,16,18-21,25-27H2,1-7H3;1-2H3;;/t30-,38-,39?,40+,42-,43+,44+,45+,46-;31-,39-,40?,41+,43+,44+,45+,46-;;;/m00.../s1. The van der Waals surface area contributed by atoms with Gasteiger partial charge in [0.05, 0.1) is 31.9 Å². The Morgan fingerprint density at radius 1 is 0.546 bits per heavy atom. The normalized spacial score (nSPS) is 35.0. The molecule has 12 heterocycles. The molecule has 2 aliphatic carbocycles. The van der Waals surface area contributed by atoms with Gasteiger partial charge < -0.3 is 54.0 Å². The number of methoxy groups -OCH3 is 2. The second-order valence-electron chi connectivity index (χ2n) is 36.2. The van der Waals surface area contributed by atoms with Crippen LogP contribution in [0.15, 0.2) is 109 Å². The Bertz CT molecular complexity index is 5080. The molecule has 638 valence electrons. The summed E-state index contributed by atoms with van der Waals surface area (Å²) in [6.07, 6.45) is 20.1. The predicted molar refractivity (Wildman–Crippen MR) is 454 cm³/mol. The molecular weight excluding hydrogens is 1510 g/mol. The molecule has 0 radical (unpaired) electrons. The van der Waals surface area contributed by atoms with Crippen molar-refractivity contribution in [1.82, 2.24) is 29.6 Å². The number of piperidine rings is 1. The van der Waals surface area contributed by atoms with Gasteiger partial charge in [-0.15, -0.1) is 0 Å². The second kappa shape index (κ2) is 32.5. The number of ether oxygens (including phenoxy) is 4. The number of carbonyl (C=O) groups is 4. The topological polar surface area (TPSA) is 285 Å². The van der Waals surface area contributed by atoms with Crippen LogP contribution in [-0.4, -0.2) is 228 Å². The summed E-state index contributed by atoms with van der Waals surface area (Å²) in [7, 11) is 6.64. The van der Waals surface area contributed by atoms with Gasteiger partial charge in [0.2, 0.25) is 11.2 Å². The number of hydrogen-bond acceptors (Lipinski definition) is 21. The molecule has 2 aromatic heterocycles. The number of aromatic nitrogens is 2. The van der Waals surface area contributed by atoms with Crippen LogP contribution in [0.1, 0.15) is 196 Å². The van der Waals surface area contributed by atoms with Gasteiger partial charge in [-0.05, 0) is 191 Å². The molecule has 18 rings (SSSR count). The van der Waals surface area contributed by atoms with Gasteiger partial charge in [-0.1, -0.05) is 140 Å². The molecule has 4 bridgehead atoms. The van der Waals surface area contributed by atoms with Gasteiger partial charge in [-0.3, -0.25) is 29.2 Å². The molecule has 5 N–H and O–H groups in total. The SMILES string of the molecule is CC.CCC1=C[C@@H]2CN(CCc3c([nH]c4ccccc34)[C@@](CC)(c3cc4c(cc3C)N(C)C3[C@]45CCN4CC=C[C@@](CC)([C@@H](OC(C)=O)[C@]3(O)C(=O)OC)[C@H]45)C2)C1.CC[C@]1(O)C[C@@H]2CN(CCc3c([nH]c4ccccc34)[C@@](CC)(c3cc4c(cc3C)N(C)C3[C@]45CCN4CC=C[C@@](CC)([C@@H](OC(C)=O)[C@]3(O)C(=O)OC)[C@H]45)C2)C1.O=C=O.O=C=O. The van der Waals surface area contributed by atoms with E-state index in [1.807, 2.05) is 27.9 Å². The van der Waals surface area contributed by atoms with Gasteiger partial charge in [-0.2, -0.15) is 19.2 Å². The summed E-state index contributed by atoms with van der Waals surface area (Å²) in [5.74, 6) is -1.92. The molecule has 10 aliphatic heterocycles. The summed E-state index contributed by atoms with van der Waals surface area (Å²) in [6, 6.07) is 25.4. The van der Waals surface area contributed by atoms with Crippen molar-refractivity contribution in [3.8, 4) is 0 Å². The quantitative estimate of drug-likeness (QED) is 0.0432. The third kappa shape index (κ3) is 12.7. The molecule has 23 heteroatoms. The van der Waals surface area contributed by atoms with E-state index in [1.165, 1.54) is 94.7 Å². The smallest absolute Gasteiger partial charge is 0.373 e. The van der Waals surface area contributed by atoms with E-state index < -0.39 is 92.0 Å². The third-order valence-corrected chi connectivity index (χ3v) is 31.1. The lowest BCUT2D eigenvalue weighted by Gasteiger charge is -2.63. The summed E-state index contributed by atoms with van der Waals surface area (Å²) < 4.78 is 23.4. The molecule has 19 atom stereocenters. The average Bonchev–Trinajstić information content (AvgIpc) is 1.49. The molecule has 3 saturated heterocycles. The zero-order valence-electron chi connectivity index (χ0n) is 72.6. The highest BCUT2D eigenvalue weighted by Gasteiger charge is 2.82. The number of carbonyl (C=O) groups excluding carboxylic acids is 8. The summed E-state index contributed by atoms with van der Waals surface area (Å²) in [6.45, 7) is 33.3. The van der Waals surface area contributed by atoms with Crippen molar-refractivity contribution >= 4 is 69.4 Å². The van der Waals surface area contributed by atoms with Crippen LogP contribution < -0.4 is 9.80 Å². The van der Waals surface area contributed by atoms with Crippen LogP contribution in [0.3, 0.4) is 0 Å². The first-order valence-corrected chi connectivity index (χ1v) is 43.6. The first-order chi connectivity index (χ1) is 57.0. The number of aromatic amines is 2. The molecule has 0 amide bonds. The summed E-state index contributed by atoms with van der Waals surface area (Å²) in [4.78, 5) is 110. The van der Waals surface area contributed by atoms with Crippen LogP contribution in [0.5, 0.6) is 0 Å². The fourth-order valence-electron chi connectivity index (χ4n) is 27.1. The van der Waals surface area contributed by atoms with Crippen molar-refractivity contribution in [1.29, 1.82) is 0 Å². The fraction of sp³-hybridized carbons (Fsp3) is 0.583. The molecule has 2 spiro atoms. The Hall–Kier alpha value is -8.86. The van der Waals surface area contributed by atoms with Crippen LogP contribution in [0.2, 0.25) is 0 Å². The Labute approximate surface area is 700 Å². The maximum atomic E-state index is 14.4. The van der Waals surface area contributed by atoms with E-state index in [-0.39, 0.29) is 35.7 Å². The van der Waals surface area contributed by atoms with E-state index in [1.54, 1.807) is 0 Å². The minimum atomic E-state index is -2.16. The monoisotopic (exact) mass is 1630 g/mol. The minimum Gasteiger partial charge on any atom is -0.467 e. The van der Waals surface area contributed by atoms with E-state index in [0.717, 1.165) is 158 Å². The van der Waals surface area contributed by atoms with Gasteiger partial charge in [0.1, 0.15) is 0 Å². The van der Waals surface area contributed by atoms with Crippen molar-refractivity contribution in [2.75, 3.05) is 104 Å². The number of H-pyrrole nitrogens is 2. The van der Waals surface area contributed by atoms with E-state index >= 15 is 0 Å². The van der Waals surface area contributed by atoms with Gasteiger partial charge in [0.25, 0.3) is 0 Å². The number of likely N-dealkylation sites (N-methyl/N-ethyl adjacent to an activating group) is 2. The van der Waals surface area contributed by atoms with Crippen molar-refractivity contribution in [2.45, 2.75) is 241 Å². The molecule has 6 aromatic rings. The van der Waals surface area contributed by atoms with Crippen molar-refractivity contribution in [3.05, 3.63) is 165 Å². The fourth-order valence-corrected chi connectivity index (χ4v) is 27.1. The number of anilines is 2. The highest BCUT2D eigenvalue weighted by molar-refractivity contribution is 5.91. The summed E-state index contributed by atoms with van der Waals surface area (Å²) >= 11 is 0.